The van der Waals surface area contributed by atoms with E-state index in [1.54, 1.807) is 0 Å². The third kappa shape index (κ3) is 0.586. The Hall–Kier alpha value is -1.72. The van der Waals surface area contributed by atoms with E-state index >= 15 is 0 Å². The molecule has 0 unspecified atom stereocenters. The van der Waals surface area contributed by atoms with Gasteiger partial charge >= 0.3 is 0 Å². The van der Waals surface area contributed by atoms with Crippen molar-refractivity contribution in [2.75, 3.05) is 0 Å². The first-order valence-electron chi connectivity index (χ1n) is 2.59. The second-order valence-corrected chi connectivity index (χ2v) is 1.74. The van der Waals surface area contributed by atoms with Crippen molar-refractivity contribution in [3.8, 4) is 11.4 Å². The summed E-state index contributed by atoms with van der Waals surface area (Å²) in [6.07, 6.45) is 2.96. The zero-order valence-electron chi connectivity index (χ0n) is 4.84. The van der Waals surface area contributed by atoms with E-state index in [2.05, 4.69) is 20.4 Å². The van der Waals surface area contributed by atoms with Crippen molar-refractivity contribution in [2.24, 2.45) is 0 Å². The maximum absolute atomic E-state index is 8.68. The number of nitrogens with zero attached hydrogens (tertiary/aromatic N) is 5. The maximum atomic E-state index is 8.68. The van der Waals surface area contributed by atoms with Gasteiger partial charge in [0.1, 0.15) is 0 Å². The molecule has 0 amide bonds. The lowest BCUT2D eigenvalue weighted by atomic mass is 10.3. The highest BCUT2D eigenvalue weighted by molar-refractivity contribution is 5.50. The van der Waals surface area contributed by atoms with Crippen LogP contribution in [0.3, 0.4) is 0 Å². The highest BCUT2D eigenvalue weighted by atomic mass is 16.5. The molecule has 50 valence electrons. The molecule has 0 spiro atoms. The van der Waals surface area contributed by atoms with Crippen LogP contribution in [0.25, 0.3) is 11.4 Å². The van der Waals surface area contributed by atoms with E-state index < -0.39 is 0 Å². The molecule has 0 saturated heterocycles. The first-order valence-corrected chi connectivity index (χ1v) is 2.59. The molecule has 0 bridgehead atoms. The van der Waals surface area contributed by atoms with Crippen molar-refractivity contribution in [2.45, 2.75) is 0 Å². The Morgan fingerprint density at radius 3 is 3.20 bits per heavy atom. The van der Waals surface area contributed by atoms with Crippen molar-refractivity contribution in [1.29, 1.82) is 0 Å². The summed E-state index contributed by atoms with van der Waals surface area (Å²) < 4.78 is 0. The summed E-state index contributed by atoms with van der Waals surface area (Å²) in [6, 6.07) is 0. The maximum Gasteiger partial charge on any atom is 0.209 e. The predicted octanol–water partition coefficient (Wildman–Crippen LogP) is -0.590. The third-order valence-electron chi connectivity index (χ3n) is 1.09. The number of hydrogen-bond donors (Lipinski definition) is 1. The topological polar surface area (TPSA) is 76.7 Å². The zero-order valence-corrected chi connectivity index (χ0v) is 4.84. The minimum absolute atomic E-state index is 0.387. The van der Waals surface area contributed by atoms with Crippen LogP contribution in [0.15, 0.2) is 12.4 Å². The number of fused-ring (bicyclic) bond motifs is 1. The van der Waals surface area contributed by atoms with Crippen LogP contribution < -0.4 is 0 Å². The van der Waals surface area contributed by atoms with Gasteiger partial charge in [0.15, 0.2) is 0 Å². The van der Waals surface area contributed by atoms with Crippen LogP contribution in [0.4, 0.5) is 0 Å². The van der Waals surface area contributed by atoms with Gasteiger partial charge in [0.05, 0.1) is 18.0 Å². The van der Waals surface area contributed by atoms with Crippen molar-refractivity contribution in [3.05, 3.63) is 12.4 Å². The Bertz CT molecular complexity index is 318. The van der Waals surface area contributed by atoms with Gasteiger partial charge in [-0.15, -0.1) is 10.2 Å². The van der Waals surface area contributed by atoms with E-state index in [1.807, 2.05) is 0 Å². The van der Waals surface area contributed by atoms with E-state index in [4.69, 9.17) is 5.21 Å². The van der Waals surface area contributed by atoms with Gasteiger partial charge in [-0.05, 0) is 4.96 Å². The lowest BCUT2D eigenvalue weighted by molar-refractivity contribution is 0.103. The molecule has 0 atom stereocenters. The summed E-state index contributed by atoms with van der Waals surface area (Å²) in [6.45, 7) is 0. The van der Waals surface area contributed by atoms with Gasteiger partial charge in [-0.1, -0.05) is 5.10 Å². The van der Waals surface area contributed by atoms with Crippen molar-refractivity contribution in [3.63, 3.8) is 0 Å². The van der Waals surface area contributed by atoms with E-state index in [1.165, 1.54) is 12.4 Å². The normalized spacial score (nSPS) is 10.4. The van der Waals surface area contributed by atoms with Crippen molar-refractivity contribution < 1.29 is 5.21 Å². The van der Waals surface area contributed by atoms with Gasteiger partial charge in [0.2, 0.25) is 5.82 Å². The number of rotatable bonds is 0. The quantitative estimate of drug-likeness (QED) is 0.491. The lowest BCUT2D eigenvalue weighted by Gasteiger charge is -1.93. The molecule has 0 aromatic rings. The molecule has 0 radical (unpaired) electrons. The standard InChI is InChI=1S/C4H3N5O/c10-9-6-2-3-1-5-7-4(3)8-9/h1-2,10H. The van der Waals surface area contributed by atoms with Gasteiger partial charge in [0, 0.05) is 0 Å². The average Bonchev–Trinajstić information content (AvgIpc) is 2.33. The molecule has 0 aromatic heterocycles. The van der Waals surface area contributed by atoms with Crippen LogP contribution in [0.1, 0.15) is 0 Å². The van der Waals surface area contributed by atoms with Crippen LogP contribution in [-0.4, -0.2) is 30.6 Å². The summed E-state index contributed by atoms with van der Waals surface area (Å²) in [5, 5.41) is 22.8. The van der Waals surface area contributed by atoms with E-state index in [9.17, 15) is 0 Å². The summed E-state index contributed by atoms with van der Waals surface area (Å²) in [4.78, 5) is 0.455. The van der Waals surface area contributed by atoms with Gasteiger partial charge in [-0.2, -0.15) is 5.10 Å². The molecule has 1 N–H and O–H groups in total. The SMILES string of the molecule is On1ncc2cnnc-2n1. The summed E-state index contributed by atoms with van der Waals surface area (Å²) >= 11 is 0. The van der Waals surface area contributed by atoms with Crippen LogP contribution >= 0.6 is 0 Å². The second-order valence-electron chi connectivity index (χ2n) is 1.74. The molecule has 2 rings (SSSR count). The molecule has 0 aromatic carbocycles. The monoisotopic (exact) mass is 137 g/mol. The molecule has 6 nitrogen and oxygen atoms in total. The largest absolute Gasteiger partial charge is 0.396 e. The summed E-state index contributed by atoms with van der Waals surface area (Å²) in [5.74, 6) is 0.387. The molecule has 10 heavy (non-hydrogen) atoms. The zero-order chi connectivity index (χ0) is 6.97. The molecule has 2 aliphatic heterocycles. The summed E-state index contributed by atoms with van der Waals surface area (Å²) in [5.41, 5.74) is 0.713. The van der Waals surface area contributed by atoms with E-state index in [0.717, 1.165) is 0 Å². The first kappa shape index (κ1) is 5.10. The first-order chi connectivity index (χ1) is 4.86. The predicted molar refractivity (Wildman–Crippen MR) is 29.4 cm³/mol. The third-order valence-corrected chi connectivity index (χ3v) is 1.09. The Morgan fingerprint density at radius 2 is 2.30 bits per heavy atom. The highest BCUT2D eigenvalue weighted by Crippen LogP contribution is 2.10. The Balaban J connectivity index is 2.75. The fourth-order valence-electron chi connectivity index (χ4n) is 0.654. The molecule has 2 aliphatic rings. The molecular weight excluding hydrogens is 134 g/mol. The smallest absolute Gasteiger partial charge is 0.209 e. The fourth-order valence-corrected chi connectivity index (χ4v) is 0.654. The van der Waals surface area contributed by atoms with E-state index in [-0.39, 0.29) is 0 Å². The average molecular weight is 137 g/mol. The van der Waals surface area contributed by atoms with Gasteiger partial charge < -0.3 is 5.21 Å². The molecule has 0 saturated carbocycles. The van der Waals surface area contributed by atoms with Gasteiger partial charge in [-0.3, -0.25) is 0 Å². The van der Waals surface area contributed by atoms with Crippen LogP contribution in [0, 0.1) is 0 Å². The number of hydrogen-bond acceptors (Lipinski definition) is 5. The summed E-state index contributed by atoms with van der Waals surface area (Å²) in [7, 11) is 0. The Kier molecular flexibility index (Phi) is 0.830. The lowest BCUT2D eigenvalue weighted by Crippen LogP contribution is -2.04. The minimum atomic E-state index is 0.387. The van der Waals surface area contributed by atoms with Crippen molar-refractivity contribution in [1.82, 2.24) is 25.4 Å². The molecular formula is C4H3N5O. The van der Waals surface area contributed by atoms with Crippen LogP contribution in [-0.2, 0) is 0 Å². The highest BCUT2D eigenvalue weighted by Gasteiger charge is 2.06. The van der Waals surface area contributed by atoms with E-state index in [0.29, 0.717) is 16.3 Å². The Morgan fingerprint density at radius 1 is 1.40 bits per heavy atom. The second kappa shape index (κ2) is 1.63. The molecule has 0 fully saturated rings. The van der Waals surface area contributed by atoms with Crippen molar-refractivity contribution >= 4 is 0 Å². The van der Waals surface area contributed by atoms with Gasteiger partial charge in [-0.25, -0.2) is 0 Å². The number of aromatic nitrogens is 5. The Labute approximate surface area is 55.4 Å². The van der Waals surface area contributed by atoms with Crippen LogP contribution in [0.5, 0.6) is 0 Å². The minimum Gasteiger partial charge on any atom is -0.396 e. The van der Waals surface area contributed by atoms with Crippen LogP contribution in [0.2, 0.25) is 0 Å². The molecule has 6 heteroatoms. The van der Waals surface area contributed by atoms with Gasteiger partial charge in [0.25, 0.3) is 0 Å². The fraction of sp³-hybridized carbons (Fsp3) is 0. The molecule has 0 aliphatic carbocycles. The molecule has 2 heterocycles.